The smallest absolute Gasteiger partial charge is 0.230 e. The number of nitrogens with one attached hydrogen (secondary N) is 2. The van der Waals surface area contributed by atoms with Crippen LogP contribution in [0.3, 0.4) is 0 Å². The zero-order valence-corrected chi connectivity index (χ0v) is 15.3. The van der Waals surface area contributed by atoms with Crippen molar-refractivity contribution in [2.24, 2.45) is 0 Å². The Morgan fingerprint density at radius 2 is 1.84 bits per heavy atom. The van der Waals surface area contributed by atoms with Crippen molar-refractivity contribution in [3.8, 4) is 5.75 Å². The highest BCUT2D eigenvalue weighted by Crippen LogP contribution is 2.16. The van der Waals surface area contributed by atoms with Crippen LogP contribution >= 0.6 is 12.2 Å². The Hall–Kier alpha value is -2.66. The van der Waals surface area contributed by atoms with E-state index < -0.39 is 0 Å². The Morgan fingerprint density at radius 3 is 2.48 bits per heavy atom. The Labute approximate surface area is 153 Å². The summed E-state index contributed by atoms with van der Waals surface area (Å²) in [6.07, 6.45) is 0.294. The molecule has 0 heterocycles. The number of amides is 1. The summed E-state index contributed by atoms with van der Waals surface area (Å²) in [6, 6.07) is 15.1. The predicted octanol–water partition coefficient (Wildman–Crippen LogP) is 4.01. The van der Waals surface area contributed by atoms with E-state index in [0.29, 0.717) is 13.0 Å². The lowest BCUT2D eigenvalue weighted by Crippen LogP contribution is -2.35. The minimum absolute atomic E-state index is 0.145. The topological polar surface area (TPSA) is 50.4 Å². The van der Waals surface area contributed by atoms with Crippen LogP contribution in [0.4, 0.5) is 5.69 Å². The third-order valence-electron chi connectivity index (χ3n) is 3.46. The lowest BCUT2D eigenvalue weighted by Gasteiger charge is -2.11. The van der Waals surface area contributed by atoms with Gasteiger partial charge in [-0.2, -0.15) is 0 Å². The normalized spacial score (nSPS) is 10.0. The van der Waals surface area contributed by atoms with Gasteiger partial charge in [0.2, 0.25) is 5.91 Å². The molecule has 0 fully saturated rings. The molecule has 2 rings (SSSR count). The highest BCUT2D eigenvalue weighted by atomic mass is 32.1. The first-order valence-electron chi connectivity index (χ1n) is 7.96. The highest BCUT2D eigenvalue weighted by Gasteiger charge is 2.08. The molecule has 0 bridgehead atoms. The molecule has 4 nitrogen and oxygen atoms in total. The summed E-state index contributed by atoms with van der Waals surface area (Å²) in [5.74, 6) is 0.608. The molecule has 0 atom stereocenters. The molecule has 0 aliphatic rings. The van der Waals surface area contributed by atoms with E-state index in [1.807, 2.05) is 62.4 Å². The van der Waals surface area contributed by atoms with Gasteiger partial charge in [0.05, 0.1) is 6.42 Å². The predicted molar refractivity (Wildman–Crippen MR) is 106 cm³/mol. The van der Waals surface area contributed by atoms with Gasteiger partial charge in [-0.1, -0.05) is 30.8 Å². The molecule has 0 saturated carbocycles. The van der Waals surface area contributed by atoms with E-state index in [1.165, 1.54) is 0 Å². The zero-order valence-electron chi connectivity index (χ0n) is 14.5. The molecule has 0 aliphatic carbocycles. The second-order valence-corrected chi connectivity index (χ2v) is 6.28. The van der Waals surface area contributed by atoms with E-state index in [4.69, 9.17) is 17.0 Å². The molecule has 0 spiro atoms. The van der Waals surface area contributed by atoms with Gasteiger partial charge < -0.3 is 15.4 Å². The molecule has 5 heteroatoms. The fourth-order valence-electron chi connectivity index (χ4n) is 2.16. The number of aryl methyl sites for hydroxylation is 1. The van der Waals surface area contributed by atoms with Crippen LogP contribution in [0.1, 0.15) is 18.1 Å². The standard InChI is InChI=1S/C20H22N2O2S/c1-14(2)13-24-18-10-8-17(9-11-18)21-20(25)22-19(23)12-16-7-5-4-6-15(16)3/h4-11H,1,12-13H2,2-3H3,(H2,21,22,23,25). The number of anilines is 1. The van der Waals surface area contributed by atoms with Gasteiger partial charge >= 0.3 is 0 Å². The Morgan fingerprint density at radius 1 is 1.16 bits per heavy atom. The number of carbonyl (C=O) groups is 1. The maximum Gasteiger partial charge on any atom is 0.230 e. The van der Waals surface area contributed by atoms with E-state index in [-0.39, 0.29) is 11.0 Å². The van der Waals surface area contributed by atoms with Gasteiger partial charge in [0, 0.05) is 5.69 Å². The third kappa shape index (κ3) is 6.39. The number of hydrogen-bond donors (Lipinski definition) is 2. The Kier molecular flexibility index (Phi) is 6.71. The summed E-state index contributed by atoms with van der Waals surface area (Å²) in [5.41, 5.74) is 3.81. The molecule has 1 amide bonds. The number of benzene rings is 2. The van der Waals surface area contributed by atoms with Crippen molar-refractivity contribution in [2.45, 2.75) is 20.3 Å². The lowest BCUT2D eigenvalue weighted by molar-refractivity contribution is -0.119. The van der Waals surface area contributed by atoms with Gasteiger partial charge in [0.1, 0.15) is 12.4 Å². The fraction of sp³-hybridized carbons (Fsp3) is 0.200. The van der Waals surface area contributed by atoms with Gasteiger partial charge in [-0.05, 0) is 67.0 Å². The van der Waals surface area contributed by atoms with Gasteiger partial charge in [0.25, 0.3) is 0 Å². The average molecular weight is 354 g/mol. The molecular formula is C20H22N2O2S. The molecule has 25 heavy (non-hydrogen) atoms. The molecule has 0 aliphatic heterocycles. The fourth-order valence-corrected chi connectivity index (χ4v) is 2.39. The van der Waals surface area contributed by atoms with Crippen LogP contribution in [0.2, 0.25) is 0 Å². The third-order valence-corrected chi connectivity index (χ3v) is 3.67. The van der Waals surface area contributed by atoms with Crippen molar-refractivity contribution in [3.05, 3.63) is 71.8 Å². The monoisotopic (exact) mass is 354 g/mol. The van der Waals surface area contributed by atoms with Crippen LogP contribution in [-0.2, 0) is 11.2 Å². The van der Waals surface area contributed by atoms with Crippen molar-refractivity contribution in [3.63, 3.8) is 0 Å². The first-order valence-corrected chi connectivity index (χ1v) is 8.37. The number of hydrogen-bond acceptors (Lipinski definition) is 3. The van der Waals surface area contributed by atoms with Crippen LogP contribution in [0.5, 0.6) is 5.75 Å². The van der Waals surface area contributed by atoms with Crippen molar-refractivity contribution in [1.29, 1.82) is 0 Å². The van der Waals surface area contributed by atoms with Crippen LogP contribution in [-0.4, -0.2) is 17.6 Å². The van der Waals surface area contributed by atoms with Crippen molar-refractivity contribution < 1.29 is 9.53 Å². The van der Waals surface area contributed by atoms with Gasteiger partial charge in [-0.25, -0.2) is 0 Å². The minimum Gasteiger partial charge on any atom is -0.489 e. The zero-order chi connectivity index (χ0) is 18.2. The second-order valence-electron chi connectivity index (χ2n) is 5.88. The summed E-state index contributed by atoms with van der Waals surface area (Å²) in [4.78, 5) is 12.1. The van der Waals surface area contributed by atoms with E-state index in [9.17, 15) is 4.79 Å². The molecule has 0 radical (unpaired) electrons. The summed E-state index contributed by atoms with van der Waals surface area (Å²) >= 11 is 5.19. The summed E-state index contributed by atoms with van der Waals surface area (Å²) in [6.45, 7) is 8.18. The molecule has 2 aromatic rings. The van der Waals surface area contributed by atoms with Crippen LogP contribution in [0, 0.1) is 6.92 Å². The maximum absolute atomic E-state index is 12.1. The molecule has 0 unspecified atom stereocenters. The van der Waals surface area contributed by atoms with Crippen LogP contribution in [0.15, 0.2) is 60.7 Å². The van der Waals surface area contributed by atoms with Gasteiger partial charge in [-0.3, -0.25) is 4.79 Å². The summed E-state index contributed by atoms with van der Waals surface area (Å²) in [5, 5.41) is 5.96. The molecule has 130 valence electrons. The largest absolute Gasteiger partial charge is 0.489 e. The summed E-state index contributed by atoms with van der Waals surface area (Å²) in [7, 11) is 0. The van der Waals surface area contributed by atoms with Crippen molar-refractivity contribution in [2.75, 3.05) is 11.9 Å². The summed E-state index contributed by atoms with van der Waals surface area (Å²) < 4.78 is 5.54. The van der Waals surface area contributed by atoms with E-state index in [1.54, 1.807) is 0 Å². The minimum atomic E-state index is -0.145. The number of ether oxygens (including phenoxy) is 1. The molecule has 0 saturated heterocycles. The Bertz CT molecular complexity index is 770. The molecular weight excluding hydrogens is 332 g/mol. The quantitative estimate of drug-likeness (QED) is 0.608. The van der Waals surface area contributed by atoms with Crippen LogP contribution in [0.25, 0.3) is 0 Å². The van der Waals surface area contributed by atoms with Crippen LogP contribution < -0.4 is 15.4 Å². The highest BCUT2D eigenvalue weighted by molar-refractivity contribution is 7.80. The number of thiocarbonyl (C=S) groups is 1. The van der Waals surface area contributed by atoms with Crippen molar-refractivity contribution >= 4 is 28.9 Å². The molecule has 0 aromatic heterocycles. The van der Waals surface area contributed by atoms with E-state index >= 15 is 0 Å². The number of rotatable bonds is 6. The maximum atomic E-state index is 12.1. The molecule has 2 N–H and O–H groups in total. The first-order chi connectivity index (χ1) is 11.9. The van der Waals surface area contributed by atoms with Gasteiger partial charge in [-0.15, -0.1) is 0 Å². The Balaban J connectivity index is 1.84. The van der Waals surface area contributed by atoms with Crippen molar-refractivity contribution in [1.82, 2.24) is 5.32 Å². The number of carbonyl (C=O) groups excluding carboxylic acids is 1. The first kappa shape index (κ1) is 18.7. The van der Waals surface area contributed by atoms with E-state index in [0.717, 1.165) is 28.1 Å². The average Bonchev–Trinajstić information content (AvgIpc) is 2.56. The lowest BCUT2D eigenvalue weighted by atomic mass is 10.1. The molecule has 2 aromatic carbocycles. The SMILES string of the molecule is C=C(C)COc1ccc(NC(=S)NC(=O)Cc2ccccc2C)cc1. The van der Waals surface area contributed by atoms with Gasteiger partial charge in [0.15, 0.2) is 5.11 Å². The second kappa shape index (κ2) is 8.99. The van der Waals surface area contributed by atoms with E-state index in [2.05, 4.69) is 17.2 Å².